The molecule has 9 nitrogen and oxygen atoms in total. The van der Waals surface area contributed by atoms with E-state index in [1.165, 1.54) is 42.0 Å². The van der Waals surface area contributed by atoms with Gasteiger partial charge in [-0.25, -0.2) is 17.9 Å². The van der Waals surface area contributed by atoms with Crippen molar-refractivity contribution in [1.29, 1.82) is 0 Å². The van der Waals surface area contributed by atoms with Crippen LogP contribution >= 0.6 is 10.8 Å². The van der Waals surface area contributed by atoms with Crippen molar-refractivity contribution in [2.75, 3.05) is 24.2 Å². The Kier molecular flexibility index (Phi) is 9.62. The molecule has 246 valence electrons. The molecule has 2 heterocycles. The van der Waals surface area contributed by atoms with E-state index >= 15 is 4.39 Å². The molecule has 5 atom stereocenters. The van der Waals surface area contributed by atoms with Gasteiger partial charge in [0.05, 0.1) is 5.75 Å². The maximum atomic E-state index is 15.4. The Hall–Kier alpha value is -3.55. The molecule has 1 saturated carbocycles. The number of fused-ring (bicyclic) bond motifs is 2. The highest BCUT2D eigenvalue weighted by molar-refractivity contribution is 8.22. The molecule has 3 aromatic rings. The molecule has 6 N–H and O–H groups in total. The van der Waals surface area contributed by atoms with E-state index in [4.69, 9.17) is 0 Å². The molecule has 3 unspecified atom stereocenters. The van der Waals surface area contributed by atoms with Crippen molar-refractivity contribution in [1.82, 2.24) is 14.9 Å². The fourth-order valence-electron chi connectivity index (χ4n) is 6.80. The van der Waals surface area contributed by atoms with E-state index in [9.17, 15) is 28.2 Å². The second kappa shape index (κ2) is 13.7. The van der Waals surface area contributed by atoms with Gasteiger partial charge >= 0.3 is 6.09 Å². The predicted molar refractivity (Wildman–Crippen MR) is 174 cm³/mol. The van der Waals surface area contributed by atoms with Gasteiger partial charge < -0.3 is 21.1 Å². The van der Waals surface area contributed by atoms with E-state index in [1.807, 2.05) is 24.3 Å². The van der Waals surface area contributed by atoms with Crippen LogP contribution in [0.2, 0.25) is 0 Å². The minimum absolute atomic E-state index is 0.172. The Morgan fingerprint density at radius 2 is 1.67 bits per heavy atom. The van der Waals surface area contributed by atoms with Crippen LogP contribution in [0.5, 0.6) is 0 Å². The van der Waals surface area contributed by atoms with Gasteiger partial charge in [0.1, 0.15) is 17.7 Å². The van der Waals surface area contributed by atoms with Crippen LogP contribution in [-0.4, -0.2) is 67.5 Å². The van der Waals surface area contributed by atoms with Crippen molar-refractivity contribution in [2.45, 2.75) is 68.5 Å². The summed E-state index contributed by atoms with van der Waals surface area (Å²) in [5, 5.41) is 18.4. The van der Waals surface area contributed by atoms with E-state index in [1.54, 1.807) is 10.4 Å². The monoisotopic (exact) mass is 654 g/mol. The number of halogens is 2. The summed E-state index contributed by atoms with van der Waals surface area (Å²) in [6.07, 6.45) is 2.98. The number of rotatable bonds is 10. The quantitative estimate of drug-likeness (QED) is 0.152. The predicted octanol–water partition coefficient (Wildman–Crippen LogP) is 6.28. The summed E-state index contributed by atoms with van der Waals surface area (Å²) < 4.78 is 52.7. The van der Waals surface area contributed by atoms with Gasteiger partial charge in [-0.2, -0.15) is 0 Å². The summed E-state index contributed by atoms with van der Waals surface area (Å²) in [7, 11) is -2.93. The molecule has 2 aliphatic heterocycles. The molecule has 2 saturated heterocycles. The number of anilines is 1. The zero-order chi connectivity index (χ0) is 32.4. The molecule has 6 rings (SSSR count). The average Bonchev–Trinajstić information content (AvgIpc) is 3.88. The highest BCUT2D eigenvalue weighted by atomic mass is 32.3. The van der Waals surface area contributed by atoms with Crippen LogP contribution < -0.4 is 16.0 Å². The van der Waals surface area contributed by atoms with Crippen LogP contribution in [0.25, 0.3) is 0 Å². The van der Waals surface area contributed by atoms with Crippen LogP contribution in [-0.2, 0) is 11.2 Å². The molecule has 2 amide bonds. The van der Waals surface area contributed by atoms with Crippen LogP contribution in [0.3, 0.4) is 0 Å². The topological polar surface area (TPSA) is 134 Å². The van der Waals surface area contributed by atoms with Crippen molar-refractivity contribution >= 4 is 28.5 Å². The number of nitrogens with one attached hydrogen (secondary N) is 3. The van der Waals surface area contributed by atoms with Gasteiger partial charge in [0.15, 0.2) is 0 Å². The SMILES string of the molecule is O=C(O)N[C@@H](C(=O)Nc1cccc(F)c1CCC1CNC2CCCS(O)(O)N1C2)[C@@H](c1ccc(F)cc1)c1ccc(C2CC2)cc1. The third-order valence-corrected chi connectivity index (χ3v) is 11.4. The fourth-order valence-corrected chi connectivity index (χ4v) is 8.66. The minimum atomic E-state index is -2.93. The van der Waals surface area contributed by atoms with Crippen LogP contribution in [0, 0.1) is 11.6 Å². The standard InChI is InChI=1S/C34H40F2N4O5S/c35-25-14-12-24(13-15-25)31(23-10-8-22(9-11-23)21-6-7-21)32(39-34(42)43)33(41)38-30-5-1-4-29(36)28(30)17-16-27-19-37-26-3-2-18-46(44,45)40(27)20-26/h1,4-5,8-15,21,26-27,31-32,37,39,44-45H,2-3,6-7,16-20H2,(H,38,41)(H,42,43)/t26?,27?,31-,32-/m1/s1. The van der Waals surface area contributed by atoms with Crippen molar-refractivity contribution in [3.8, 4) is 0 Å². The van der Waals surface area contributed by atoms with Gasteiger partial charge in [-0.15, -0.1) is 10.8 Å². The first-order chi connectivity index (χ1) is 22.1. The van der Waals surface area contributed by atoms with Crippen molar-refractivity contribution < 1.29 is 32.6 Å². The van der Waals surface area contributed by atoms with Gasteiger partial charge in [0.2, 0.25) is 5.91 Å². The third-order valence-electron chi connectivity index (χ3n) is 9.37. The van der Waals surface area contributed by atoms with Crippen LogP contribution in [0.15, 0.2) is 66.7 Å². The Labute approximate surface area is 268 Å². The first-order valence-corrected chi connectivity index (χ1v) is 17.5. The summed E-state index contributed by atoms with van der Waals surface area (Å²) in [5.74, 6) is -1.70. The summed E-state index contributed by atoms with van der Waals surface area (Å²) in [6, 6.07) is 16.2. The number of hydrogen-bond donors (Lipinski definition) is 6. The Bertz CT molecular complexity index is 1550. The van der Waals surface area contributed by atoms with Gasteiger partial charge in [-0.3, -0.25) is 13.9 Å². The average molecular weight is 655 g/mol. The Morgan fingerprint density at radius 1 is 0.978 bits per heavy atom. The lowest BCUT2D eigenvalue weighted by Crippen LogP contribution is -2.55. The number of piperazine rings is 1. The molecule has 12 heteroatoms. The molecule has 3 aromatic carbocycles. The van der Waals surface area contributed by atoms with Crippen molar-refractivity contribution in [2.24, 2.45) is 0 Å². The largest absolute Gasteiger partial charge is 0.465 e. The van der Waals surface area contributed by atoms with E-state index in [-0.39, 0.29) is 29.8 Å². The summed E-state index contributed by atoms with van der Waals surface area (Å²) in [5.41, 5.74) is 2.82. The van der Waals surface area contributed by atoms with Crippen molar-refractivity contribution in [3.63, 3.8) is 0 Å². The molecule has 3 aliphatic rings. The molecule has 0 aromatic heterocycles. The number of carboxylic acid groups (broad SMARTS) is 1. The maximum absolute atomic E-state index is 15.4. The van der Waals surface area contributed by atoms with E-state index in [2.05, 4.69) is 16.0 Å². The molecule has 3 fully saturated rings. The lowest BCUT2D eigenvalue weighted by molar-refractivity contribution is -0.118. The lowest BCUT2D eigenvalue weighted by atomic mass is 9.84. The minimum Gasteiger partial charge on any atom is -0.465 e. The maximum Gasteiger partial charge on any atom is 0.405 e. The highest BCUT2D eigenvalue weighted by Gasteiger charge is 2.38. The van der Waals surface area contributed by atoms with Crippen molar-refractivity contribution in [3.05, 3.63) is 101 Å². The zero-order valence-corrected chi connectivity index (χ0v) is 26.2. The van der Waals surface area contributed by atoms with Crippen LogP contribution in [0.1, 0.15) is 66.2 Å². The smallest absolute Gasteiger partial charge is 0.405 e. The second-order valence-electron chi connectivity index (χ2n) is 12.5. The Morgan fingerprint density at radius 3 is 2.35 bits per heavy atom. The Balaban J connectivity index is 1.27. The summed E-state index contributed by atoms with van der Waals surface area (Å²) in [4.78, 5) is 26.1. The van der Waals surface area contributed by atoms with Gasteiger partial charge in [0.25, 0.3) is 0 Å². The van der Waals surface area contributed by atoms with E-state index < -0.39 is 46.4 Å². The first kappa shape index (κ1) is 32.4. The molecule has 0 spiro atoms. The summed E-state index contributed by atoms with van der Waals surface area (Å²) >= 11 is 0. The fraction of sp³-hybridized carbons (Fsp3) is 0.412. The zero-order valence-electron chi connectivity index (χ0n) is 25.4. The number of amides is 2. The first-order valence-electron chi connectivity index (χ1n) is 15.8. The molecular weight excluding hydrogens is 614 g/mol. The highest BCUT2D eigenvalue weighted by Crippen LogP contribution is 2.49. The molecule has 0 radical (unpaired) electrons. The van der Waals surface area contributed by atoms with Gasteiger partial charge in [-0.1, -0.05) is 42.5 Å². The molecule has 1 aliphatic carbocycles. The van der Waals surface area contributed by atoms with Crippen LogP contribution in [0.4, 0.5) is 19.3 Å². The molecule has 2 bridgehead atoms. The van der Waals surface area contributed by atoms with Gasteiger partial charge in [-0.05, 0) is 85.4 Å². The number of carbonyl (C=O) groups excluding carboxylic acids is 1. The number of nitrogens with zero attached hydrogens (tertiary/aromatic N) is 1. The normalized spacial score (nSPS) is 24.2. The van der Waals surface area contributed by atoms with E-state index in [0.717, 1.165) is 19.3 Å². The lowest BCUT2D eigenvalue weighted by Gasteiger charge is -2.49. The number of benzene rings is 3. The summed E-state index contributed by atoms with van der Waals surface area (Å²) in [6.45, 7) is 1.03. The van der Waals surface area contributed by atoms with E-state index in [0.29, 0.717) is 48.7 Å². The van der Waals surface area contributed by atoms with Gasteiger partial charge in [0, 0.05) is 42.3 Å². The third kappa shape index (κ3) is 7.37. The molecular formula is C34H40F2N4O5S. The number of carbonyl (C=O) groups is 2. The molecule has 46 heavy (non-hydrogen) atoms. The second-order valence-corrected chi connectivity index (χ2v) is 14.7. The number of hydrogen-bond acceptors (Lipinski definition) is 6.